The van der Waals surface area contributed by atoms with Gasteiger partial charge in [0.25, 0.3) is 0 Å². The van der Waals surface area contributed by atoms with Crippen LogP contribution in [-0.2, 0) is 0 Å². The first-order valence-electron chi connectivity index (χ1n) is 4.08. The second-order valence-electron chi connectivity index (χ2n) is 3.24. The molecule has 0 aliphatic rings. The van der Waals surface area contributed by atoms with Crippen LogP contribution in [0.4, 0.5) is 0 Å². The quantitative estimate of drug-likeness (QED) is 0.714. The largest absolute Gasteiger partial charge is 0.478 e. The smallest absolute Gasteiger partial charge is 0.336 e. The van der Waals surface area contributed by atoms with Crippen molar-refractivity contribution in [3.63, 3.8) is 0 Å². The van der Waals surface area contributed by atoms with Gasteiger partial charge in [0.15, 0.2) is 0 Å². The molecule has 0 aromatic heterocycles. The van der Waals surface area contributed by atoms with Crippen molar-refractivity contribution in [3.05, 3.63) is 29.3 Å². The van der Waals surface area contributed by atoms with Crippen molar-refractivity contribution in [1.29, 1.82) is 0 Å². The first-order chi connectivity index (χ1) is 6.02. The molecule has 0 amide bonds. The van der Waals surface area contributed by atoms with Gasteiger partial charge in [-0.25, -0.2) is 4.79 Å². The maximum absolute atomic E-state index is 10.7. The molecule has 0 saturated carbocycles. The number of benzene rings is 1. The Morgan fingerprint density at radius 3 is 2.46 bits per heavy atom. The molecule has 0 aliphatic heterocycles. The van der Waals surface area contributed by atoms with Gasteiger partial charge in [-0.15, -0.1) is 12.6 Å². The number of aromatic carboxylic acids is 1. The lowest BCUT2D eigenvalue weighted by molar-refractivity contribution is 0.0693. The number of carboxylic acids is 1. The van der Waals surface area contributed by atoms with Crippen molar-refractivity contribution in [1.82, 2.24) is 0 Å². The summed E-state index contributed by atoms with van der Waals surface area (Å²) in [6, 6.07) is 5.23. The van der Waals surface area contributed by atoms with E-state index in [1.165, 1.54) is 0 Å². The predicted molar refractivity (Wildman–Crippen MR) is 54.7 cm³/mol. The number of rotatable bonds is 2. The van der Waals surface area contributed by atoms with Crippen LogP contribution in [-0.4, -0.2) is 11.1 Å². The van der Waals surface area contributed by atoms with Gasteiger partial charge in [0, 0.05) is 4.90 Å². The summed E-state index contributed by atoms with van der Waals surface area (Å²) in [5.41, 5.74) is 1.36. The molecule has 3 heteroatoms. The van der Waals surface area contributed by atoms with E-state index in [4.69, 9.17) is 5.11 Å². The van der Waals surface area contributed by atoms with Crippen LogP contribution in [0.25, 0.3) is 0 Å². The zero-order chi connectivity index (χ0) is 10.0. The van der Waals surface area contributed by atoms with E-state index >= 15 is 0 Å². The Kier molecular flexibility index (Phi) is 2.98. The number of hydrogen-bond acceptors (Lipinski definition) is 2. The molecule has 0 heterocycles. The molecule has 13 heavy (non-hydrogen) atoms. The van der Waals surface area contributed by atoms with Crippen LogP contribution in [0.3, 0.4) is 0 Å². The lowest BCUT2D eigenvalue weighted by atomic mass is 10.0. The Labute approximate surface area is 83.0 Å². The zero-order valence-corrected chi connectivity index (χ0v) is 8.51. The van der Waals surface area contributed by atoms with Gasteiger partial charge in [0.1, 0.15) is 0 Å². The van der Waals surface area contributed by atoms with E-state index in [2.05, 4.69) is 26.5 Å². The van der Waals surface area contributed by atoms with E-state index in [0.29, 0.717) is 10.8 Å². The minimum atomic E-state index is -0.930. The van der Waals surface area contributed by atoms with Crippen molar-refractivity contribution in [3.8, 4) is 0 Å². The molecule has 0 bridgehead atoms. The normalized spacial score (nSPS) is 10.5. The molecular formula is C10H12O2S. The van der Waals surface area contributed by atoms with Crippen molar-refractivity contribution < 1.29 is 9.90 Å². The van der Waals surface area contributed by atoms with Gasteiger partial charge in [-0.1, -0.05) is 19.9 Å². The molecular weight excluding hydrogens is 184 g/mol. The minimum Gasteiger partial charge on any atom is -0.478 e. The van der Waals surface area contributed by atoms with Gasteiger partial charge >= 0.3 is 5.97 Å². The first-order valence-corrected chi connectivity index (χ1v) is 4.53. The molecule has 70 valence electrons. The fourth-order valence-electron chi connectivity index (χ4n) is 1.09. The second kappa shape index (κ2) is 3.83. The molecule has 0 radical (unpaired) electrons. The van der Waals surface area contributed by atoms with Crippen molar-refractivity contribution in [2.75, 3.05) is 0 Å². The lowest BCUT2D eigenvalue weighted by Gasteiger charge is -2.07. The van der Waals surface area contributed by atoms with Gasteiger partial charge in [-0.3, -0.25) is 0 Å². The molecule has 0 saturated heterocycles. The number of hydrogen-bond donors (Lipinski definition) is 2. The molecule has 1 rings (SSSR count). The van der Waals surface area contributed by atoms with Gasteiger partial charge in [-0.05, 0) is 23.6 Å². The lowest BCUT2D eigenvalue weighted by Crippen LogP contribution is -1.99. The van der Waals surface area contributed by atoms with Crippen LogP contribution in [0.5, 0.6) is 0 Å². The minimum absolute atomic E-state index is 0.257. The summed E-state index contributed by atoms with van der Waals surface area (Å²) < 4.78 is 0. The van der Waals surface area contributed by atoms with Gasteiger partial charge in [0.2, 0.25) is 0 Å². The number of thiol groups is 1. The van der Waals surface area contributed by atoms with Crippen LogP contribution in [0, 0.1) is 0 Å². The summed E-state index contributed by atoms with van der Waals surface area (Å²) in [7, 11) is 0. The predicted octanol–water partition coefficient (Wildman–Crippen LogP) is 2.80. The Morgan fingerprint density at radius 1 is 1.46 bits per heavy atom. The van der Waals surface area contributed by atoms with Crippen molar-refractivity contribution in [2.45, 2.75) is 24.7 Å². The third-order valence-corrected chi connectivity index (χ3v) is 2.29. The van der Waals surface area contributed by atoms with E-state index in [1.807, 2.05) is 6.07 Å². The van der Waals surface area contributed by atoms with Crippen LogP contribution in [0.15, 0.2) is 23.1 Å². The van der Waals surface area contributed by atoms with Crippen LogP contribution in [0.1, 0.15) is 35.7 Å². The topological polar surface area (TPSA) is 37.3 Å². The molecule has 1 aromatic carbocycles. The fourth-order valence-corrected chi connectivity index (χ4v) is 1.41. The molecule has 0 aliphatic carbocycles. The number of carboxylic acid groups (broad SMARTS) is 1. The molecule has 1 N–H and O–H groups in total. The van der Waals surface area contributed by atoms with Crippen molar-refractivity contribution >= 4 is 18.6 Å². The number of carbonyl (C=O) groups is 1. The van der Waals surface area contributed by atoms with E-state index in [0.717, 1.165) is 5.56 Å². The molecule has 0 spiro atoms. The van der Waals surface area contributed by atoms with Crippen LogP contribution < -0.4 is 0 Å². The summed E-state index contributed by atoms with van der Waals surface area (Å²) in [5, 5.41) is 8.75. The zero-order valence-electron chi connectivity index (χ0n) is 7.61. The summed E-state index contributed by atoms with van der Waals surface area (Å²) in [4.78, 5) is 11.2. The molecule has 0 unspecified atom stereocenters. The van der Waals surface area contributed by atoms with Crippen molar-refractivity contribution in [2.24, 2.45) is 0 Å². The summed E-state index contributed by atoms with van der Waals surface area (Å²) in [5.74, 6) is -0.533. The Bertz CT molecular complexity index is 332. The summed E-state index contributed by atoms with van der Waals surface area (Å²) in [6.45, 7) is 4.12. The van der Waals surface area contributed by atoms with Gasteiger partial charge in [-0.2, -0.15) is 0 Å². The molecule has 0 fully saturated rings. The van der Waals surface area contributed by atoms with Crippen LogP contribution >= 0.6 is 12.6 Å². The molecule has 1 aromatic rings. The third-order valence-electron chi connectivity index (χ3n) is 1.92. The Balaban J connectivity index is 3.13. The highest BCUT2D eigenvalue weighted by Gasteiger charge is 2.08. The highest BCUT2D eigenvalue weighted by molar-refractivity contribution is 7.80. The second-order valence-corrected chi connectivity index (χ2v) is 3.72. The highest BCUT2D eigenvalue weighted by Crippen LogP contribution is 2.21. The average molecular weight is 196 g/mol. The summed E-state index contributed by atoms with van der Waals surface area (Å²) >= 11 is 4.12. The average Bonchev–Trinajstić information content (AvgIpc) is 2.03. The van der Waals surface area contributed by atoms with E-state index in [-0.39, 0.29) is 5.56 Å². The van der Waals surface area contributed by atoms with E-state index in [1.54, 1.807) is 12.1 Å². The molecule has 0 atom stereocenters. The molecule has 2 nitrogen and oxygen atoms in total. The van der Waals surface area contributed by atoms with Crippen LogP contribution in [0.2, 0.25) is 0 Å². The maximum Gasteiger partial charge on any atom is 0.336 e. The van der Waals surface area contributed by atoms with E-state index < -0.39 is 5.97 Å². The Hall–Kier alpha value is -0.960. The highest BCUT2D eigenvalue weighted by atomic mass is 32.1. The summed E-state index contributed by atoms with van der Waals surface area (Å²) in [6.07, 6.45) is 0. The van der Waals surface area contributed by atoms with Gasteiger partial charge in [0.05, 0.1) is 5.56 Å². The monoisotopic (exact) mass is 196 g/mol. The van der Waals surface area contributed by atoms with Gasteiger partial charge < -0.3 is 5.11 Å². The standard InChI is InChI=1S/C10H12O2S/c1-6(2)7-3-4-8(10(11)12)9(13)5-7/h3-6,13H,1-2H3,(H,11,12). The maximum atomic E-state index is 10.7. The fraction of sp³-hybridized carbons (Fsp3) is 0.300. The van der Waals surface area contributed by atoms with E-state index in [9.17, 15) is 4.79 Å². The first kappa shape index (κ1) is 10.1. The SMILES string of the molecule is CC(C)c1ccc(C(=O)O)c(S)c1. The third kappa shape index (κ3) is 2.25. The Morgan fingerprint density at radius 2 is 2.08 bits per heavy atom.